The lowest BCUT2D eigenvalue weighted by Gasteiger charge is -2.28. The lowest BCUT2D eigenvalue weighted by atomic mass is 9.84. The fraction of sp³-hybridized carbons (Fsp3) is 0.304. The summed E-state index contributed by atoms with van der Waals surface area (Å²) >= 11 is 1.30. The molecule has 1 unspecified atom stereocenters. The van der Waals surface area contributed by atoms with Crippen molar-refractivity contribution < 1.29 is 18.0 Å². The van der Waals surface area contributed by atoms with Gasteiger partial charge in [0, 0.05) is 23.8 Å². The van der Waals surface area contributed by atoms with Gasteiger partial charge in [0.05, 0.1) is 29.5 Å². The van der Waals surface area contributed by atoms with Crippen LogP contribution in [0.25, 0.3) is 11.0 Å². The average Bonchev–Trinajstić information content (AvgIpc) is 3.40. The van der Waals surface area contributed by atoms with E-state index in [0.717, 1.165) is 24.2 Å². The predicted octanol–water partition coefficient (Wildman–Crippen LogP) is 5.50. The van der Waals surface area contributed by atoms with E-state index in [4.69, 9.17) is 0 Å². The molecule has 1 aromatic carbocycles. The number of amides is 1. The fourth-order valence-corrected chi connectivity index (χ4v) is 4.15. The molecule has 2 N–H and O–H groups in total. The second kappa shape index (κ2) is 8.71. The molecule has 0 aliphatic heterocycles. The van der Waals surface area contributed by atoms with Gasteiger partial charge in [0.2, 0.25) is 0 Å². The van der Waals surface area contributed by atoms with E-state index in [0.29, 0.717) is 16.3 Å². The number of carbonyl (C=O) groups is 1. The SMILES string of the molecule is CC(NC(=O)c1cc2c(cn1)ncn2C)c1cnc(Nc2cccc(C(C)(C)C(F)(F)F)c2)s1. The number of fused-ring (bicyclic) bond motifs is 1. The molecule has 4 aromatic rings. The summed E-state index contributed by atoms with van der Waals surface area (Å²) in [5.41, 5.74) is 0.446. The molecule has 1 amide bonds. The molecule has 4 rings (SSSR count). The molecule has 0 spiro atoms. The minimum atomic E-state index is -4.37. The number of carbonyl (C=O) groups excluding carboxylic acids is 1. The molecule has 0 saturated carbocycles. The summed E-state index contributed by atoms with van der Waals surface area (Å²) in [5.74, 6) is -0.333. The van der Waals surface area contributed by atoms with Crippen LogP contribution in [0.3, 0.4) is 0 Å². The highest BCUT2D eigenvalue weighted by molar-refractivity contribution is 7.15. The van der Waals surface area contributed by atoms with Gasteiger partial charge >= 0.3 is 6.18 Å². The van der Waals surface area contributed by atoms with Gasteiger partial charge in [0.15, 0.2) is 5.13 Å². The maximum absolute atomic E-state index is 13.4. The number of anilines is 2. The van der Waals surface area contributed by atoms with Crippen molar-refractivity contribution in [2.24, 2.45) is 7.05 Å². The summed E-state index contributed by atoms with van der Waals surface area (Å²) < 4.78 is 42.0. The van der Waals surface area contributed by atoms with E-state index >= 15 is 0 Å². The topological polar surface area (TPSA) is 84.7 Å². The Morgan fingerprint density at radius 2 is 1.88 bits per heavy atom. The molecule has 3 heterocycles. The number of alkyl halides is 3. The van der Waals surface area contributed by atoms with Crippen molar-refractivity contribution in [1.29, 1.82) is 0 Å². The van der Waals surface area contributed by atoms with Crippen molar-refractivity contribution in [1.82, 2.24) is 24.8 Å². The minimum Gasteiger partial charge on any atom is -0.343 e. The van der Waals surface area contributed by atoms with Gasteiger partial charge in [-0.25, -0.2) is 15.0 Å². The van der Waals surface area contributed by atoms with Crippen LogP contribution in [0.1, 0.15) is 47.7 Å². The van der Waals surface area contributed by atoms with Gasteiger partial charge in [-0.3, -0.25) is 4.79 Å². The number of rotatable bonds is 6. The number of thiazole rings is 1. The first-order chi connectivity index (χ1) is 16.0. The second-order valence-corrected chi connectivity index (χ2v) is 9.57. The Bertz CT molecular complexity index is 1340. The van der Waals surface area contributed by atoms with Crippen molar-refractivity contribution in [2.75, 3.05) is 5.32 Å². The molecule has 178 valence electrons. The molecule has 11 heteroatoms. The molecule has 0 saturated heterocycles. The summed E-state index contributed by atoms with van der Waals surface area (Å²) in [4.78, 5) is 26.2. The maximum atomic E-state index is 13.4. The first-order valence-electron chi connectivity index (χ1n) is 10.4. The normalized spacial score (nSPS) is 13.1. The van der Waals surface area contributed by atoms with Gasteiger partial charge < -0.3 is 15.2 Å². The smallest absolute Gasteiger partial charge is 0.343 e. The molecular weight excluding hydrogens is 465 g/mol. The van der Waals surface area contributed by atoms with Crippen LogP contribution >= 0.6 is 11.3 Å². The van der Waals surface area contributed by atoms with Crippen LogP contribution in [-0.4, -0.2) is 31.6 Å². The second-order valence-electron chi connectivity index (χ2n) is 8.51. The third kappa shape index (κ3) is 4.60. The maximum Gasteiger partial charge on any atom is 0.397 e. The molecule has 0 aliphatic rings. The first kappa shape index (κ1) is 23.7. The highest BCUT2D eigenvalue weighted by Gasteiger charge is 2.48. The molecule has 0 fully saturated rings. The first-order valence-corrected chi connectivity index (χ1v) is 11.3. The summed E-state index contributed by atoms with van der Waals surface area (Å²) in [7, 11) is 1.84. The van der Waals surface area contributed by atoms with Crippen LogP contribution in [0.15, 0.2) is 49.1 Å². The van der Waals surface area contributed by atoms with E-state index in [1.54, 1.807) is 36.9 Å². The number of halogens is 3. The zero-order valence-corrected chi connectivity index (χ0v) is 19.8. The standard InChI is InChI=1S/C23H23F3N6OS/c1-13(30-20(33)16-9-18-17(10-27-16)29-12-32(18)4)19-11-28-21(34-19)31-15-7-5-6-14(8-15)22(2,3)23(24,25)26/h5-13H,1-4H3,(H,28,31)(H,30,33). The van der Waals surface area contributed by atoms with Gasteiger partial charge in [0.25, 0.3) is 5.91 Å². The summed E-state index contributed by atoms with van der Waals surface area (Å²) in [6.45, 7) is 4.13. The third-order valence-electron chi connectivity index (χ3n) is 5.69. The van der Waals surface area contributed by atoms with Crippen molar-refractivity contribution in [3.63, 3.8) is 0 Å². The minimum absolute atomic E-state index is 0.153. The Kier molecular flexibility index (Phi) is 6.07. The average molecular weight is 489 g/mol. The molecule has 1 atom stereocenters. The van der Waals surface area contributed by atoms with Crippen molar-refractivity contribution in [2.45, 2.75) is 38.4 Å². The monoisotopic (exact) mass is 488 g/mol. The molecule has 0 radical (unpaired) electrons. The number of benzene rings is 1. The van der Waals surface area contributed by atoms with E-state index in [9.17, 15) is 18.0 Å². The molecule has 0 bridgehead atoms. The van der Waals surface area contributed by atoms with Gasteiger partial charge in [-0.15, -0.1) is 0 Å². The third-order valence-corrected chi connectivity index (χ3v) is 6.78. The number of aryl methyl sites for hydroxylation is 1. The number of aromatic nitrogens is 4. The van der Waals surface area contributed by atoms with Gasteiger partial charge in [-0.2, -0.15) is 13.2 Å². The lowest BCUT2D eigenvalue weighted by Crippen LogP contribution is -2.36. The molecule has 0 aliphatic carbocycles. The Morgan fingerprint density at radius 3 is 2.62 bits per heavy atom. The van der Waals surface area contributed by atoms with E-state index in [1.807, 2.05) is 18.5 Å². The van der Waals surface area contributed by atoms with E-state index in [-0.39, 0.29) is 23.2 Å². The summed E-state index contributed by atoms with van der Waals surface area (Å²) in [6.07, 6.45) is 0.461. The largest absolute Gasteiger partial charge is 0.397 e. The quantitative estimate of drug-likeness (QED) is 0.374. The Labute approximate surface area is 198 Å². The summed E-state index contributed by atoms with van der Waals surface area (Å²) in [6, 6.07) is 7.52. The van der Waals surface area contributed by atoms with Crippen molar-refractivity contribution >= 4 is 39.1 Å². The molecular formula is C23H23F3N6OS. The molecule has 7 nitrogen and oxygen atoms in total. The lowest BCUT2D eigenvalue weighted by molar-refractivity contribution is -0.180. The molecule has 3 aromatic heterocycles. The number of nitrogens with one attached hydrogen (secondary N) is 2. The highest BCUT2D eigenvalue weighted by Crippen LogP contribution is 2.41. The Morgan fingerprint density at radius 1 is 1.12 bits per heavy atom. The number of nitrogens with zero attached hydrogens (tertiary/aromatic N) is 4. The zero-order chi connectivity index (χ0) is 24.7. The Hall–Kier alpha value is -3.47. The van der Waals surface area contributed by atoms with Gasteiger partial charge in [0.1, 0.15) is 11.2 Å². The van der Waals surface area contributed by atoms with Gasteiger partial charge in [-0.1, -0.05) is 23.5 Å². The van der Waals surface area contributed by atoms with Crippen LogP contribution in [0.5, 0.6) is 0 Å². The molecule has 34 heavy (non-hydrogen) atoms. The van der Waals surface area contributed by atoms with Crippen LogP contribution in [0.2, 0.25) is 0 Å². The van der Waals surface area contributed by atoms with E-state index in [2.05, 4.69) is 25.6 Å². The zero-order valence-electron chi connectivity index (χ0n) is 18.9. The number of hydrogen-bond acceptors (Lipinski definition) is 6. The van der Waals surface area contributed by atoms with Gasteiger partial charge in [-0.05, 0) is 44.5 Å². The Balaban J connectivity index is 1.45. The van der Waals surface area contributed by atoms with Crippen LogP contribution in [0.4, 0.5) is 24.0 Å². The number of hydrogen-bond donors (Lipinski definition) is 2. The number of imidazole rings is 1. The van der Waals surface area contributed by atoms with E-state index < -0.39 is 11.6 Å². The van der Waals surface area contributed by atoms with Crippen molar-refractivity contribution in [3.05, 3.63) is 65.2 Å². The number of pyridine rings is 1. The fourth-order valence-electron chi connectivity index (χ4n) is 3.31. The predicted molar refractivity (Wildman–Crippen MR) is 125 cm³/mol. The van der Waals surface area contributed by atoms with E-state index in [1.165, 1.54) is 23.5 Å². The van der Waals surface area contributed by atoms with Crippen LogP contribution in [-0.2, 0) is 12.5 Å². The van der Waals surface area contributed by atoms with Crippen LogP contribution in [0, 0.1) is 0 Å². The van der Waals surface area contributed by atoms with Crippen molar-refractivity contribution in [3.8, 4) is 0 Å². The summed E-state index contributed by atoms with van der Waals surface area (Å²) in [5, 5.41) is 6.46. The highest BCUT2D eigenvalue weighted by atomic mass is 32.1. The van der Waals surface area contributed by atoms with Crippen LogP contribution < -0.4 is 10.6 Å².